The second kappa shape index (κ2) is 8.53. The molecule has 1 saturated heterocycles. The Kier molecular flexibility index (Phi) is 6.35. The van der Waals surface area contributed by atoms with Gasteiger partial charge in [-0.25, -0.2) is 0 Å². The van der Waals surface area contributed by atoms with E-state index in [4.69, 9.17) is 0 Å². The van der Waals surface area contributed by atoms with Crippen LogP contribution in [-0.2, 0) is 22.0 Å². The van der Waals surface area contributed by atoms with Gasteiger partial charge in [-0.1, -0.05) is 26.0 Å². The molecule has 5 nitrogen and oxygen atoms in total. The lowest BCUT2D eigenvalue weighted by Crippen LogP contribution is -2.42. The van der Waals surface area contributed by atoms with Crippen LogP contribution in [0.15, 0.2) is 23.1 Å². The lowest BCUT2D eigenvalue weighted by atomic mass is 9.82. The van der Waals surface area contributed by atoms with Crippen molar-refractivity contribution in [1.82, 2.24) is 10.2 Å². The van der Waals surface area contributed by atoms with E-state index in [0.717, 1.165) is 62.4 Å². The number of piperidine rings is 1. The molecule has 144 valence electrons. The topological polar surface area (TPSA) is 61.4 Å². The minimum absolute atomic E-state index is 0.173. The van der Waals surface area contributed by atoms with Crippen LogP contribution in [0.4, 0.5) is 5.69 Å². The Morgan fingerprint density at radius 2 is 2.12 bits per heavy atom. The highest BCUT2D eigenvalue weighted by Gasteiger charge is 2.30. The van der Waals surface area contributed by atoms with Gasteiger partial charge in [0.15, 0.2) is 0 Å². The van der Waals surface area contributed by atoms with E-state index >= 15 is 0 Å². The number of nitrogens with zero attached hydrogens (tertiary/aromatic N) is 1. The van der Waals surface area contributed by atoms with Crippen molar-refractivity contribution in [3.05, 3.63) is 23.8 Å². The maximum atomic E-state index is 12.1. The van der Waals surface area contributed by atoms with Gasteiger partial charge in [-0.05, 0) is 55.8 Å². The van der Waals surface area contributed by atoms with Gasteiger partial charge in [0.25, 0.3) is 0 Å². The van der Waals surface area contributed by atoms with E-state index in [0.29, 0.717) is 18.2 Å². The second-order valence-electron chi connectivity index (χ2n) is 8.14. The third-order valence-electron chi connectivity index (χ3n) is 5.36. The number of likely N-dealkylation sites (tertiary alicyclic amines) is 1. The van der Waals surface area contributed by atoms with Gasteiger partial charge in [-0.2, -0.15) is 0 Å². The predicted molar refractivity (Wildman–Crippen MR) is 107 cm³/mol. The van der Waals surface area contributed by atoms with Gasteiger partial charge in [-0.3, -0.25) is 9.00 Å². The summed E-state index contributed by atoms with van der Waals surface area (Å²) in [6, 6.07) is 6.11. The molecule has 1 unspecified atom stereocenters. The quantitative estimate of drug-likeness (QED) is 0.684. The molecule has 0 aliphatic carbocycles. The van der Waals surface area contributed by atoms with Crippen molar-refractivity contribution in [2.75, 3.05) is 37.4 Å². The molecule has 6 heteroatoms. The molecule has 0 aromatic heterocycles. The van der Waals surface area contributed by atoms with Crippen molar-refractivity contribution >= 4 is 22.4 Å². The van der Waals surface area contributed by atoms with Gasteiger partial charge in [-0.15, -0.1) is 0 Å². The van der Waals surface area contributed by atoms with Crippen molar-refractivity contribution in [2.24, 2.45) is 5.41 Å². The zero-order valence-electron chi connectivity index (χ0n) is 16.0. The van der Waals surface area contributed by atoms with Crippen molar-refractivity contribution in [3.63, 3.8) is 0 Å². The average molecular weight is 378 g/mol. The molecule has 2 aliphatic rings. The fourth-order valence-electron chi connectivity index (χ4n) is 3.71. The molecular weight excluding hydrogens is 346 g/mol. The summed E-state index contributed by atoms with van der Waals surface area (Å²) >= 11 is 0. The van der Waals surface area contributed by atoms with Gasteiger partial charge in [0.1, 0.15) is 0 Å². The zero-order valence-corrected chi connectivity index (χ0v) is 16.8. The summed E-state index contributed by atoms with van der Waals surface area (Å²) in [6.07, 6.45) is 4.81. The minimum Gasteiger partial charge on any atom is -0.372 e. The molecule has 1 fully saturated rings. The number of fused-ring (bicyclic) bond motifs is 1. The van der Waals surface area contributed by atoms with Crippen LogP contribution in [0.5, 0.6) is 0 Å². The van der Waals surface area contributed by atoms with Gasteiger partial charge < -0.3 is 15.5 Å². The highest BCUT2D eigenvalue weighted by Crippen LogP contribution is 2.31. The maximum absolute atomic E-state index is 12.1. The summed E-state index contributed by atoms with van der Waals surface area (Å²) in [5, 5.41) is 6.67. The fraction of sp³-hybridized carbons (Fsp3) is 0.650. The minimum atomic E-state index is -0.908. The number of hydrogen-bond donors (Lipinski definition) is 2. The Morgan fingerprint density at radius 1 is 1.27 bits per heavy atom. The first kappa shape index (κ1) is 19.4. The maximum Gasteiger partial charge on any atom is 0.223 e. The van der Waals surface area contributed by atoms with Crippen molar-refractivity contribution < 1.29 is 9.00 Å². The molecule has 0 radical (unpaired) electrons. The molecule has 2 heterocycles. The number of carbonyl (C=O) groups excluding carboxylic acids is 1. The van der Waals surface area contributed by atoms with E-state index in [1.165, 1.54) is 5.56 Å². The lowest BCUT2D eigenvalue weighted by molar-refractivity contribution is -0.137. The molecule has 1 aromatic carbocycles. The molecular formula is C20H31N3O2S. The van der Waals surface area contributed by atoms with Crippen LogP contribution < -0.4 is 10.6 Å². The number of hydrogen-bond acceptors (Lipinski definition) is 4. The van der Waals surface area contributed by atoms with E-state index in [1.807, 2.05) is 17.0 Å². The van der Waals surface area contributed by atoms with E-state index in [9.17, 15) is 9.00 Å². The first-order valence-electron chi connectivity index (χ1n) is 9.69. The molecule has 0 spiro atoms. The van der Waals surface area contributed by atoms with Crippen LogP contribution in [0.3, 0.4) is 0 Å². The van der Waals surface area contributed by atoms with Crippen LogP contribution in [0.25, 0.3) is 0 Å². The van der Waals surface area contributed by atoms with Crippen LogP contribution in [0, 0.1) is 5.41 Å². The van der Waals surface area contributed by atoms with E-state index in [1.54, 1.807) is 0 Å². The van der Waals surface area contributed by atoms with E-state index in [2.05, 4.69) is 30.5 Å². The van der Waals surface area contributed by atoms with Crippen LogP contribution >= 0.6 is 0 Å². The van der Waals surface area contributed by atoms with Crippen molar-refractivity contribution in [2.45, 2.75) is 50.8 Å². The molecule has 1 atom stereocenters. The molecule has 1 aromatic rings. The number of carbonyl (C=O) groups is 1. The molecule has 1 amide bonds. The largest absolute Gasteiger partial charge is 0.372 e. The Morgan fingerprint density at radius 3 is 2.92 bits per heavy atom. The first-order chi connectivity index (χ1) is 12.5. The van der Waals surface area contributed by atoms with Crippen LogP contribution in [0.1, 0.15) is 45.1 Å². The molecule has 0 saturated carbocycles. The third kappa shape index (κ3) is 4.86. The Labute approximate surface area is 159 Å². The summed E-state index contributed by atoms with van der Waals surface area (Å²) in [5.41, 5.74) is 2.38. The Hall–Kier alpha value is -1.40. The van der Waals surface area contributed by atoms with E-state index in [-0.39, 0.29) is 5.41 Å². The van der Waals surface area contributed by atoms with Crippen molar-refractivity contribution in [1.29, 1.82) is 0 Å². The SMILES string of the molecule is CC1(C)CCN(CCCCNCCc2cccc3c2S(=O)CN3)C(=O)C1. The number of anilines is 1. The summed E-state index contributed by atoms with van der Waals surface area (Å²) in [6.45, 7) is 8.01. The number of nitrogens with one attached hydrogen (secondary N) is 2. The van der Waals surface area contributed by atoms with Crippen LogP contribution in [0.2, 0.25) is 0 Å². The van der Waals surface area contributed by atoms with Crippen LogP contribution in [-0.4, -0.2) is 47.1 Å². The van der Waals surface area contributed by atoms with Gasteiger partial charge in [0.05, 0.1) is 27.3 Å². The normalized spacial score (nSPS) is 21.5. The Bertz CT molecular complexity index is 675. The summed E-state index contributed by atoms with van der Waals surface area (Å²) in [4.78, 5) is 15.1. The van der Waals surface area contributed by atoms with E-state index < -0.39 is 10.8 Å². The average Bonchev–Trinajstić information content (AvgIpc) is 2.97. The number of amides is 1. The van der Waals surface area contributed by atoms with Gasteiger partial charge in [0.2, 0.25) is 5.91 Å². The summed E-state index contributed by atoms with van der Waals surface area (Å²) in [5.74, 6) is 0.848. The smallest absolute Gasteiger partial charge is 0.223 e. The molecule has 0 bridgehead atoms. The monoisotopic (exact) mass is 377 g/mol. The first-order valence-corrected chi connectivity index (χ1v) is 11.0. The molecule has 26 heavy (non-hydrogen) atoms. The molecule has 3 rings (SSSR count). The standard InChI is InChI=1S/C20H31N3O2S/c1-20(2)9-13-23(18(24)14-20)12-4-3-10-21-11-8-16-6-5-7-17-19(16)26(25)15-22-17/h5-7,21-22H,3-4,8-15H2,1-2H3. The zero-order chi connectivity index (χ0) is 18.6. The highest BCUT2D eigenvalue weighted by molar-refractivity contribution is 7.85. The van der Waals surface area contributed by atoms with Gasteiger partial charge in [0, 0.05) is 19.5 Å². The number of rotatable bonds is 8. The highest BCUT2D eigenvalue weighted by atomic mass is 32.2. The molecule has 2 N–H and O–H groups in total. The summed E-state index contributed by atoms with van der Waals surface area (Å²) < 4.78 is 12.1. The van der Waals surface area contributed by atoms with Gasteiger partial charge >= 0.3 is 0 Å². The number of benzene rings is 1. The Balaban J connectivity index is 1.31. The third-order valence-corrected chi connectivity index (χ3v) is 6.71. The lowest BCUT2D eigenvalue weighted by Gasteiger charge is -2.36. The fourth-order valence-corrected chi connectivity index (χ4v) is 4.99. The second-order valence-corrected chi connectivity index (χ2v) is 9.53. The number of unbranched alkanes of at least 4 members (excludes halogenated alkanes) is 1. The predicted octanol–water partition coefficient (Wildman–Crippen LogP) is 2.74. The molecule has 2 aliphatic heterocycles. The summed E-state index contributed by atoms with van der Waals surface area (Å²) in [7, 11) is -0.908. The van der Waals surface area contributed by atoms with Crippen molar-refractivity contribution in [3.8, 4) is 0 Å².